The molecule has 8 heteroatoms. The molecule has 27 heavy (non-hydrogen) atoms. The molecule has 0 aliphatic carbocycles. The molecule has 2 aromatic rings. The lowest BCUT2D eigenvalue weighted by atomic mass is 9.95. The Bertz CT molecular complexity index is 764. The lowest BCUT2D eigenvalue weighted by Crippen LogP contribution is -2.14. The zero-order valence-electron chi connectivity index (χ0n) is 15.9. The van der Waals surface area contributed by atoms with Gasteiger partial charge in [0.25, 0.3) is 0 Å². The standard InChI is InChI=1S/C19H26F2N4O2/c1-4-27-18(26)13(3)7-5-6-12(2)16-10-14(8-9-23-16)17-15(22)11-24-25(17)19(20)21/h8-13,19H,4-7,22H2,1-3H3. The van der Waals surface area contributed by atoms with Crippen LogP contribution in [0.2, 0.25) is 0 Å². The van der Waals surface area contributed by atoms with E-state index in [1.54, 1.807) is 25.3 Å². The summed E-state index contributed by atoms with van der Waals surface area (Å²) >= 11 is 0. The highest BCUT2D eigenvalue weighted by molar-refractivity contribution is 5.73. The molecule has 2 heterocycles. The smallest absolute Gasteiger partial charge is 0.333 e. The number of halogens is 2. The highest BCUT2D eigenvalue weighted by Gasteiger charge is 2.19. The van der Waals surface area contributed by atoms with Crippen LogP contribution in [0.25, 0.3) is 11.3 Å². The predicted molar refractivity (Wildman–Crippen MR) is 99.2 cm³/mol. The molecule has 0 amide bonds. The van der Waals surface area contributed by atoms with Crippen LogP contribution in [0.15, 0.2) is 24.5 Å². The molecule has 0 aromatic carbocycles. The van der Waals surface area contributed by atoms with Crippen LogP contribution in [-0.2, 0) is 9.53 Å². The molecule has 148 valence electrons. The van der Waals surface area contributed by atoms with Gasteiger partial charge in [-0.05, 0) is 37.8 Å². The molecule has 2 N–H and O–H groups in total. The van der Waals surface area contributed by atoms with Gasteiger partial charge in [0.15, 0.2) is 0 Å². The number of hydrogen-bond acceptors (Lipinski definition) is 5. The number of hydrogen-bond donors (Lipinski definition) is 1. The fourth-order valence-corrected chi connectivity index (χ4v) is 2.97. The summed E-state index contributed by atoms with van der Waals surface area (Å²) < 4.78 is 31.9. The highest BCUT2D eigenvalue weighted by Crippen LogP contribution is 2.31. The summed E-state index contributed by atoms with van der Waals surface area (Å²) in [6.45, 7) is 3.29. The first-order chi connectivity index (χ1) is 12.8. The Morgan fingerprint density at radius 2 is 2.07 bits per heavy atom. The molecule has 0 spiro atoms. The van der Waals surface area contributed by atoms with E-state index < -0.39 is 6.55 Å². The minimum Gasteiger partial charge on any atom is -0.466 e. The molecule has 0 aliphatic rings. The Hall–Kier alpha value is -2.51. The molecule has 0 bridgehead atoms. The number of aromatic nitrogens is 3. The first-order valence-corrected chi connectivity index (χ1v) is 9.09. The zero-order chi connectivity index (χ0) is 20.0. The van der Waals surface area contributed by atoms with E-state index >= 15 is 0 Å². The van der Waals surface area contributed by atoms with Crippen LogP contribution in [0.3, 0.4) is 0 Å². The average Bonchev–Trinajstić information content (AvgIpc) is 3.03. The number of carbonyl (C=O) groups is 1. The van der Waals surface area contributed by atoms with Crippen molar-refractivity contribution in [2.45, 2.75) is 52.5 Å². The van der Waals surface area contributed by atoms with Crippen molar-refractivity contribution < 1.29 is 18.3 Å². The second-order valence-corrected chi connectivity index (χ2v) is 6.63. The van der Waals surface area contributed by atoms with Crippen molar-refractivity contribution in [1.82, 2.24) is 14.8 Å². The van der Waals surface area contributed by atoms with Gasteiger partial charge in [-0.3, -0.25) is 9.78 Å². The first-order valence-electron chi connectivity index (χ1n) is 9.09. The van der Waals surface area contributed by atoms with Crippen molar-refractivity contribution >= 4 is 11.7 Å². The lowest BCUT2D eigenvalue weighted by molar-refractivity contribution is -0.147. The summed E-state index contributed by atoms with van der Waals surface area (Å²) in [6, 6.07) is 3.41. The van der Waals surface area contributed by atoms with Gasteiger partial charge in [-0.1, -0.05) is 20.3 Å². The number of anilines is 1. The van der Waals surface area contributed by atoms with E-state index in [-0.39, 0.29) is 29.2 Å². The SMILES string of the molecule is CCOC(=O)C(C)CCCC(C)c1cc(-c2c(N)cnn2C(F)F)ccn1. The van der Waals surface area contributed by atoms with Gasteiger partial charge in [0.05, 0.1) is 30.1 Å². The van der Waals surface area contributed by atoms with Crippen LogP contribution in [0, 0.1) is 5.92 Å². The van der Waals surface area contributed by atoms with Crippen molar-refractivity contribution in [3.05, 3.63) is 30.2 Å². The van der Waals surface area contributed by atoms with E-state index in [4.69, 9.17) is 10.5 Å². The topological polar surface area (TPSA) is 83.0 Å². The largest absolute Gasteiger partial charge is 0.466 e. The molecule has 2 atom stereocenters. The quantitative estimate of drug-likeness (QED) is 0.652. The van der Waals surface area contributed by atoms with Gasteiger partial charge in [-0.15, -0.1) is 0 Å². The molecular weight excluding hydrogens is 354 g/mol. The van der Waals surface area contributed by atoms with E-state index in [0.29, 0.717) is 16.9 Å². The van der Waals surface area contributed by atoms with Gasteiger partial charge in [-0.25, -0.2) is 4.68 Å². The van der Waals surface area contributed by atoms with Crippen LogP contribution < -0.4 is 5.73 Å². The number of alkyl halides is 2. The molecule has 2 aromatic heterocycles. The summed E-state index contributed by atoms with van der Waals surface area (Å²) in [5, 5.41) is 3.64. The van der Waals surface area contributed by atoms with Crippen LogP contribution in [0.5, 0.6) is 0 Å². The summed E-state index contributed by atoms with van der Waals surface area (Å²) in [5.41, 5.74) is 7.56. The Morgan fingerprint density at radius 3 is 2.74 bits per heavy atom. The average molecular weight is 380 g/mol. The molecule has 0 fully saturated rings. The molecule has 0 radical (unpaired) electrons. The number of carbonyl (C=O) groups excluding carboxylic acids is 1. The number of nitrogen functional groups attached to an aromatic ring is 1. The van der Waals surface area contributed by atoms with E-state index in [0.717, 1.165) is 25.0 Å². The lowest BCUT2D eigenvalue weighted by Gasteiger charge is -2.15. The number of ether oxygens (including phenoxy) is 1. The number of nitrogens with zero attached hydrogens (tertiary/aromatic N) is 3. The van der Waals surface area contributed by atoms with E-state index in [1.165, 1.54) is 6.20 Å². The van der Waals surface area contributed by atoms with E-state index in [1.807, 2.05) is 13.8 Å². The normalized spacial score (nSPS) is 13.6. The summed E-state index contributed by atoms with van der Waals surface area (Å²) in [4.78, 5) is 16.0. The van der Waals surface area contributed by atoms with Crippen molar-refractivity contribution in [3.8, 4) is 11.3 Å². The van der Waals surface area contributed by atoms with Gasteiger partial charge in [0.1, 0.15) is 0 Å². The van der Waals surface area contributed by atoms with Crippen LogP contribution >= 0.6 is 0 Å². The van der Waals surface area contributed by atoms with Crippen molar-refractivity contribution in [2.24, 2.45) is 5.92 Å². The number of pyridine rings is 1. The predicted octanol–water partition coefficient (Wildman–Crippen LogP) is 4.40. The van der Waals surface area contributed by atoms with Crippen LogP contribution in [0.4, 0.5) is 14.5 Å². The molecule has 0 aliphatic heterocycles. The maximum atomic E-state index is 13.1. The fourth-order valence-electron chi connectivity index (χ4n) is 2.97. The minimum atomic E-state index is -2.77. The summed E-state index contributed by atoms with van der Waals surface area (Å²) in [5.74, 6) is -0.207. The van der Waals surface area contributed by atoms with E-state index in [2.05, 4.69) is 10.1 Å². The van der Waals surface area contributed by atoms with Gasteiger partial charge in [-0.2, -0.15) is 13.9 Å². The van der Waals surface area contributed by atoms with Gasteiger partial charge < -0.3 is 10.5 Å². The van der Waals surface area contributed by atoms with Crippen molar-refractivity contribution in [3.63, 3.8) is 0 Å². The molecule has 0 saturated heterocycles. The molecule has 2 rings (SSSR count). The maximum Gasteiger partial charge on any atom is 0.333 e. The first kappa shape index (κ1) is 20.8. The second-order valence-electron chi connectivity index (χ2n) is 6.63. The third kappa shape index (κ3) is 5.24. The monoisotopic (exact) mass is 380 g/mol. The third-order valence-corrected chi connectivity index (χ3v) is 4.53. The molecule has 6 nitrogen and oxygen atoms in total. The third-order valence-electron chi connectivity index (χ3n) is 4.53. The van der Waals surface area contributed by atoms with Gasteiger partial charge in [0.2, 0.25) is 0 Å². The summed E-state index contributed by atoms with van der Waals surface area (Å²) in [6.07, 6.45) is 5.20. The Morgan fingerprint density at radius 1 is 1.33 bits per heavy atom. The molecule has 2 unspecified atom stereocenters. The minimum absolute atomic E-state index is 0.114. The van der Waals surface area contributed by atoms with E-state index in [9.17, 15) is 13.6 Å². The summed E-state index contributed by atoms with van der Waals surface area (Å²) in [7, 11) is 0. The Kier molecular flexibility index (Phi) is 7.27. The van der Waals surface area contributed by atoms with Crippen molar-refractivity contribution in [2.75, 3.05) is 12.3 Å². The van der Waals surface area contributed by atoms with Crippen LogP contribution in [-0.4, -0.2) is 27.3 Å². The zero-order valence-corrected chi connectivity index (χ0v) is 15.9. The van der Waals surface area contributed by atoms with Gasteiger partial charge in [0, 0.05) is 17.5 Å². The number of rotatable bonds is 9. The number of nitrogens with two attached hydrogens (primary N) is 1. The maximum absolute atomic E-state index is 13.1. The fraction of sp³-hybridized carbons (Fsp3) is 0.526. The molecular formula is C19H26F2N4O2. The highest BCUT2D eigenvalue weighted by atomic mass is 19.3. The number of esters is 1. The van der Waals surface area contributed by atoms with Crippen LogP contribution in [0.1, 0.15) is 58.2 Å². The second kappa shape index (κ2) is 9.43. The van der Waals surface area contributed by atoms with Gasteiger partial charge >= 0.3 is 12.5 Å². The molecule has 0 saturated carbocycles. The Labute approximate surface area is 157 Å². The Balaban J connectivity index is 2.05. The van der Waals surface area contributed by atoms with Crippen molar-refractivity contribution in [1.29, 1.82) is 0 Å².